The van der Waals surface area contributed by atoms with Crippen molar-refractivity contribution in [3.8, 4) is 0 Å². The fraction of sp³-hybridized carbons (Fsp3) is 0.250. The average molecular weight is 420 g/mol. The van der Waals surface area contributed by atoms with Crippen LogP contribution in [0.15, 0.2) is 53.5 Å². The second kappa shape index (κ2) is 9.21. The van der Waals surface area contributed by atoms with Crippen LogP contribution in [0.1, 0.15) is 18.9 Å². The number of hydrogen-bond acceptors (Lipinski definition) is 4. The fourth-order valence-electron chi connectivity index (χ4n) is 2.71. The summed E-state index contributed by atoms with van der Waals surface area (Å²) in [5.74, 6) is -0.742. The van der Waals surface area contributed by atoms with Crippen LogP contribution in [0.2, 0.25) is 5.02 Å². The molecule has 8 heteroatoms. The first kappa shape index (κ1) is 20.4. The summed E-state index contributed by atoms with van der Waals surface area (Å²) in [6.45, 7) is 2.56. The number of rotatable bonds is 5. The Morgan fingerprint density at radius 3 is 2.75 bits per heavy atom. The van der Waals surface area contributed by atoms with Gasteiger partial charge in [0, 0.05) is 18.0 Å². The zero-order chi connectivity index (χ0) is 20.1. The molecule has 0 aliphatic carbocycles. The van der Waals surface area contributed by atoms with Gasteiger partial charge in [-0.05, 0) is 42.8 Å². The summed E-state index contributed by atoms with van der Waals surface area (Å²) >= 11 is 7.28. The van der Waals surface area contributed by atoms with Gasteiger partial charge in [-0.1, -0.05) is 41.6 Å². The van der Waals surface area contributed by atoms with Gasteiger partial charge in [-0.3, -0.25) is 14.5 Å². The van der Waals surface area contributed by atoms with E-state index in [4.69, 9.17) is 11.6 Å². The van der Waals surface area contributed by atoms with Crippen molar-refractivity contribution in [1.29, 1.82) is 0 Å². The molecule has 2 amide bonds. The first-order valence-corrected chi connectivity index (χ1v) is 10.1. The summed E-state index contributed by atoms with van der Waals surface area (Å²) in [5.41, 5.74) is 1.36. The highest BCUT2D eigenvalue weighted by Crippen LogP contribution is 2.31. The molecule has 1 heterocycles. The number of amidine groups is 1. The highest BCUT2D eigenvalue weighted by atomic mass is 35.5. The van der Waals surface area contributed by atoms with Gasteiger partial charge in [-0.2, -0.15) is 0 Å². The van der Waals surface area contributed by atoms with Gasteiger partial charge in [0.15, 0.2) is 5.17 Å². The van der Waals surface area contributed by atoms with Gasteiger partial charge in [0.25, 0.3) is 0 Å². The summed E-state index contributed by atoms with van der Waals surface area (Å²) in [6.07, 6.45) is 0.0757. The molecule has 146 valence electrons. The molecule has 28 heavy (non-hydrogen) atoms. The fourth-order valence-corrected chi connectivity index (χ4v) is 4.02. The van der Waals surface area contributed by atoms with Gasteiger partial charge < -0.3 is 5.32 Å². The molecule has 0 saturated carbocycles. The molecule has 2 aromatic carbocycles. The highest BCUT2D eigenvalue weighted by molar-refractivity contribution is 8.15. The van der Waals surface area contributed by atoms with Crippen molar-refractivity contribution in [2.24, 2.45) is 4.99 Å². The molecular weight excluding hydrogens is 401 g/mol. The normalized spacial score (nSPS) is 18.4. The highest BCUT2D eigenvalue weighted by Gasteiger charge is 2.35. The molecule has 1 aliphatic heterocycles. The summed E-state index contributed by atoms with van der Waals surface area (Å²) in [4.78, 5) is 31.2. The quantitative estimate of drug-likeness (QED) is 0.792. The number of aliphatic imine (C=N–C) groups is 1. The van der Waals surface area contributed by atoms with Gasteiger partial charge in [-0.25, -0.2) is 9.38 Å². The number of carbonyl (C=O) groups excluding carboxylic acids is 2. The molecule has 2 aromatic rings. The van der Waals surface area contributed by atoms with E-state index in [1.807, 2.05) is 6.92 Å². The lowest BCUT2D eigenvalue weighted by atomic mass is 10.2. The SMILES string of the molecule is CCNC(=O)C1CC(=O)N(Cc2ccc(F)cc2)C(=Nc2cccc(Cl)c2)S1. The Morgan fingerprint density at radius 1 is 1.32 bits per heavy atom. The van der Waals surface area contributed by atoms with E-state index in [1.165, 1.54) is 28.8 Å². The van der Waals surface area contributed by atoms with Crippen molar-refractivity contribution in [3.05, 3.63) is 64.9 Å². The predicted molar refractivity (Wildman–Crippen MR) is 110 cm³/mol. The topological polar surface area (TPSA) is 61.8 Å². The number of carbonyl (C=O) groups is 2. The zero-order valence-electron chi connectivity index (χ0n) is 15.2. The monoisotopic (exact) mass is 419 g/mol. The van der Waals surface area contributed by atoms with Crippen LogP contribution >= 0.6 is 23.4 Å². The Hall–Kier alpha value is -2.38. The standard InChI is InChI=1S/C20H19ClFN3O2S/c1-2-23-19(27)17-11-18(26)25(12-13-6-8-15(22)9-7-13)20(28-17)24-16-5-3-4-14(21)10-16/h3-10,17H,2,11-12H2,1H3,(H,23,27). The molecule has 1 fully saturated rings. The number of nitrogens with one attached hydrogen (secondary N) is 1. The average Bonchev–Trinajstić information content (AvgIpc) is 2.66. The Labute approximate surface area is 172 Å². The van der Waals surface area contributed by atoms with Crippen molar-refractivity contribution in [2.75, 3.05) is 6.54 Å². The minimum atomic E-state index is -0.546. The first-order valence-electron chi connectivity index (χ1n) is 8.79. The molecule has 1 N–H and O–H groups in total. The maximum Gasteiger partial charge on any atom is 0.234 e. The lowest BCUT2D eigenvalue weighted by molar-refractivity contribution is -0.130. The molecule has 3 rings (SSSR count). The molecule has 1 aliphatic rings. The van der Waals surface area contributed by atoms with Gasteiger partial charge in [0.1, 0.15) is 5.82 Å². The van der Waals surface area contributed by atoms with Crippen LogP contribution in [-0.4, -0.2) is 33.7 Å². The van der Waals surface area contributed by atoms with E-state index in [2.05, 4.69) is 10.3 Å². The molecule has 1 unspecified atom stereocenters. The molecule has 0 aromatic heterocycles. The second-order valence-corrected chi connectivity index (χ2v) is 7.79. The number of halogens is 2. The summed E-state index contributed by atoms with van der Waals surface area (Å²) in [7, 11) is 0. The van der Waals surface area contributed by atoms with Crippen LogP contribution in [0, 0.1) is 5.82 Å². The van der Waals surface area contributed by atoms with E-state index in [1.54, 1.807) is 36.4 Å². The summed E-state index contributed by atoms with van der Waals surface area (Å²) in [5, 5.41) is 3.15. The maximum absolute atomic E-state index is 13.2. The predicted octanol–water partition coefficient (Wildman–Crippen LogP) is 4.14. The van der Waals surface area contributed by atoms with E-state index in [9.17, 15) is 14.0 Å². The number of nitrogens with zero attached hydrogens (tertiary/aromatic N) is 2. The Bertz CT molecular complexity index is 905. The Balaban J connectivity index is 1.92. The molecule has 1 saturated heterocycles. The zero-order valence-corrected chi connectivity index (χ0v) is 16.8. The van der Waals surface area contributed by atoms with Crippen LogP contribution in [0.5, 0.6) is 0 Å². The molecule has 0 bridgehead atoms. The van der Waals surface area contributed by atoms with Gasteiger partial charge in [0.05, 0.1) is 17.5 Å². The van der Waals surface area contributed by atoms with E-state index in [0.29, 0.717) is 22.4 Å². The van der Waals surface area contributed by atoms with Crippen LogP contribution in [-0.2, 0) is 16.1 Å². The van der Waals surface area contributed by atoms with E-state index in [0.717, 1.165) is 5.56 Å². The van der Waals surface area contributed by atoms with Crippen molar-refractivity contribution in [3.63, 3.8) is 0 Å². The second-order valence-electron chi connectivity index (χ2n) is 6.19. The minimum Gasteiger partial charge on any atom is -0.355 e. The molecule has 5 nitrogen and oxygen atoms in total. The number of amides is 2. The Morgan fingerprint density at radius 2 is 2.07 bits per heavy atom. The van der Waals surface area contributed by atoms with E-state index < -0.39 is 5.25 Å². The third kappa shape index (κ3) is 5.11. The minimum absolute atomic E-state index is 0.0757. The first-order chi connectivity index (χ1) is 13.5. The van der Waals surface area contributed by atoms with Crippen molar-refractivity contribution in [2.45, 2.75) is 25.1 Å². The molecule has 1 atom stereocenters. The smallest absolute Gasteiger partial charge is 0.234 e. The van der Waals surface area contributed by atoms with Crippen molar-refractivity contribution >= 4 is 46.0 Å². The van der Waals surface area contributed by atoms with Crippen molar-refractivity contribution < 1.29 is 14.0 Å². The summed E-state index contributed by atoms with van der Waals surface area (Å²) in [6, 6.07) is 12.9. The van der Waals surface area contributed by atoms with Gasteiger partial charge >= 0.3 is 0 Å². The van der Waals surface area contributed by atoms with E-state index in [-0.39, 0.29) is 30.6 Å². The summed E-state index contributed by atoms with van der Waals surface area (Å²) < 4.78 is 13.2. The number of benzene rings is 2. The maximum atomic E-state index is 13.2. The largest absolute Gasteiger partial charge is 0.355 e. The lowest BCUT2D eigenvalue weighted by Crippen LogP contribution is -2.46. The van der Waals surface area contributed by atoms with Gasteiger partial charge in [0.2, 0.25) is 11.8 Å². The third-order valence-electron chi connectivity index (χ3n) is 4.07. The molecule has 0 radical (unpaired) electrons. The molecular formula is C20H19ClFN3O2S. The van der Waals surface area contributed by atoms with Crippen LogP contribution in [0.25, 0.3) is 0 Å². The lowest BCUT2D eigenvalue weighted by Gasteiger charge is -2.31. The van der Waals surface area contributed by atoms with E-state index >= 15 is 0 Å². The van der Waals surface area contributed by atoms with Crippen molar-refractivity contribution in [1.82, 2.24) is 10.2 Å². The van der Waals surface area contributed by atoms with Crippen LogP contribution in [0.3, 0.4) is 0 Å². The third-order valence-corrected chi connectivity index (χ3v) is 5.49. The van der Waals surface area contributed by atoms with Crippen LogP contribution in [0.4, 0.5) is 10.1 Å². The number of hydrogen-bond donors (Lipinski definition) is 1. The Kier molecular flexibility index (Phi) is 6.70. The van der Waals surface area contributed by atoms with Crippen LogP contribution < -0.4 is 5.32 Å². The van der Waals surface area contributed by atoms with Gasteiger partial charge in [-0.15, -0.1) is 0 Å². The number of thioether (sulfide) groups is 1. The molecule has 0 spiro atoms.